The van der Waals surface area contributed by atoms with Gasteiger partial charge in [0.1, 0.15) is 0 Å². The predicted molar refractivity (Wildman–Crippen MR) is 76.0 cm³/mol. The summed E-state index contributed by atoms with van der Waals surface area (Å²) in [6.45, 7) is 1.43. The highest BCUT2D eigenvalue weighted by molar-refractivity contribution is 9.10. The Hall–Kier alpha value is -1.17. The van der Waals surface area contributed by atoms with E-state index in [1.54, 1.807) is 11.4 Å². The third kappa shape index (κ3) is 3.41. The molecule has 0 saturated heterocycles. The van der Waals surface area contributed by atoms with Crippen LogP contribution in [0.15, 0.2) is 40.2 Å². The molecule has 0 amide bonds. The molecule has 0 atom stereocenters. The summed E-state index contributed by atoms with van der Waals surface area (Å²) in [5, 5.41) is 13.8. The summed E-state index contributed by atoms with van der Waals surface area (Å²) in [6.07, 6.45) is 0. The number of carboxylic acids is 1. The molecule has 1 aromatic heterocycles. The number of aromatic carboxylic acids is 1. The van der Waals surface area contributed by atoms with Crippen molar-refractivity contribution in [3.63, 3.8) is 0 Å². The summed E-state index contributed by atoms with van der Waals surface area (Å²) >= 11 is 4.95. The van der Waals surface area contributed by atoms with Gasteiger partial charge in [0.25, 0.3) is 0 Å². The lowest BCUT2D eigenvalue weighted by Gasteiger charge is -2.05. The van der Waals surface area contributed by atoms with Crippen molar-refractivity contribution < 1.29 is 9.90 Å². The first-order chi connectivity index (χ1) is 8.66. The van der Waals surface area contributed by atoms with Gasteiger partial charge >= 0.3 is 5.97 Å². The number of nitrogens with one attached hydrogen (secondary N) is 1. The highest BCUT2D eigenvalue weighted by Crippen LogP contribution is 2.17. The minimum atomic E-state index is -0.872. The molecular formula is C13H12BrNO2S. The van der Waals surface area contributed by atoms with Crippen LogP contribution >= 0.6 is 27.3 Å². The van der Waals surface area contributed by atoms with Crippen LogP contribution in [0.5, 0.6) is 0 Å². The lowest BCUT2D eigenvalue weighted by atomic mass is 10.2. The Kier molecular flexibility index (Phi) is 4.52. The normalized spacial score (nSPS) is 10.5. The molecule has 18 heavy (non-hydrogen) atoms. The molecule has 2 N–H and O–H groups in total. The van der Waals surface area contributed by atoms with Gasteiger partial charge in [-0.2, -0.15) is 0 Å². The molecule has 0 bridgehead atoms. The fourth-order valence-corrected chi connectivity index (χ4v) is 2.80. The van der Waals surface area contributed by atoms with E-state index in [4.69, 9.17) is 5.11 Å². The zero-order valence-corrected chi connectivity index (χ0v) is 11.9. The number of halogens is 1. The number of hydrogen-bond acceptors (Lipinski definition) is 3. The first-order valence-corrected chi connectivity index (χ1v) is 7.09. The Balaban J connectivity index is 1.88. The van der Waals surface area contributed by atoms with Crippen LogP contribution in [-0.4, -0.2) is 11.1 Å². The maximum Gasteiger partial charge on any atom is 0.336 e. The summed E-state index contributed by atoms with van der Waals surface area (Å²) in [4.78, 5) is 11.8. The van der Waals surface area contributed by atoms with Gasteiger partial charge in [0, 0.05) is 27.8 Å². The van der Waals surface area contributed by atoms with Gasteiger partial charge in [-0.3, -0.25) is 0 Å². The molecule has 2 aromatic rings. The van der Waals surface area contributed by atoms with Crippen molar-refractivity contribution in [3.8, 4) is 0 Å². The molecule has 0 fully saturated rings. The number of benzene rings is 1. The summed E-state index contributed by atoms with van der Waals surface area (Å²) in [6, 6.07) is 9.74. The molecule has 1 aromatic carbocycles. The maximum absolute atomic E-state index is 10.7. The molecule has 0 aliphatic rings. The van der Waals surface area contributed by atoms with Gasteiger partial charge in [-0.05, 0) is 17.7 Å². The van der Waals surface area contributed by atoms with Crippen LogP contribution in [-0.2, 0) is 13.1 Å². The number of rotatable bonds is 5. The van der Waals surface area contributed by atoms with Crippen molar-refractivity contribution in [1.29, 1.82) is 0 Å². The third-order valence-corrected chi connectivity index (χ3v) is 4.18. The quantitative estimate of drug-likeness (QED) is 0.884. The second-order valence-electron chi connectivity index (χ2n) is 3.80. The van der Waals surface area contributed by atoms with Crippen LogP contribution in [0.2, 0.25) is 0 Å². The second-order valence-corrected chi connectivity index (χ2v) is 5.65. The zero-order valence-electron chi connectivity index (χ0n) is 9.52. The van der Waals surface area contributed by atoms with E-state index in [9.17, 15) is 4.79 Å². The van der Waals surface area contributed by atoms with Gasteiger partial charge in [0.2, 0.25) is 0 Å². The zero-order chi connectivity index (χ0) is 13.0. The lowest BCUT2D eigenvalue weighted by molar-refractivity contribution is 0.0697. The van der Waals surface area contributed by atoms with Crippen molar-refractivity contribution in [3.05, 3.63) is 56.2 Å². The van der Waals surface area contributed by atoms with Gasteiger partial charge in [-0.15, -0.1) is 11.3 Å². The van der Waals surface area contributed by atoms with E-state index in [0.29, 0.717) is 12.1 Å². The van der Waals surface area contributed by atoms with Crippen LogP contribution in [0, 0.1) is 0 Å². The SMILES string of the molecule is O=C(O)c1csc(CNCc2ccccc2Br)c1. The highest BCUT2D eigenvalue weighted by Gasteiger charge is 2.06. The van der Waals surface area contributed by atoms with Crippen LogP contribution in [0.25, 0.3) is 0 Å². The second kappa shape index (κ2) is 6.13. The standard InChI is InChI=1S/C13H12BrNO2S/c14-12-4-2-1-3-9(12)6-15-7-11-5-10(8-18-11)13(16)17/h1-5,8,15H,6-7H2,(H,16,17). The molecule has 1 heterocycles. The van der Waals surface area contributed by atoms with E-state index < -0.39 is 5.97 Å². The van der Waals surface area contributed by atoms with Crippen molar-refractivity contribution in [2.24, 2.45) is 0 Å². The first kappa shape index (κ1) is 13.3. The monoisotopic (exact) mass is 325 g/mol. The van der Waals surface area contributed by atoms with E-state index in [1.165, 1.54) is 16.9 Å². The first-order valence-electron chi connectivity index (χ1n) is 5.41. The van der Waals surface area contributed by atoms with Crippen molar-refractivity contribution in [2.75, 3.05) is 0 Å². The van der Waals surface area contributed by atoms with Crippen LogP contribution in [0.3, 0.4) is 0 Å². The maximum atomic E-state index is 10.7. The Morgan fingerprint density at radius 1 is 1.33 bits per heavy atom. The summed E-state index contributed by atoms with van der Waals surface area (Å²) < 4.78 is 1.08. The van der Waals surface area contributed by atoms with Crippen LogP contribution in [0.1, 0.15) is 20.8 Å². The highest BCUT2D eigenvalue weighted by atomic mass is 79.9. The minimum absolute atomic E-state index is 0.359. The summed E-state index contributed by atoms with van der Waals surface area (Å²) in [5.74, 6) is -0.872. The van der Waals surface area contributed by atoms with Gasteiger partial charge in [0.15, 0.2) is 0 Å². The molecule has 0 aliphatic carbocycles. The molecule has 0 saturated carbocycles. The Morgan fingerprint density at radius 3 is 2.78 bits per heavy atom. The Morgan fingerprint density at radius 2 is 2.11 bits per heavy atom. The molecule has 2 rings (SSSR count). The van der Waals surface area contributed by atoms with E-state index in [-0.39, 0.29) is 0 Å². The van der Waals surface area contributed by atoms with E-state index in [2.05, 4.69) is 21.2 Å². The molecule has 0 spiro atoms. The van der Waals surface area contributed by atoms with Gasteiger partial charge in [-0.1, -0.05) is 34.1 Å². The van der Waals surface area contributed by atoms with Crippen LogP contribution < -0.4 is 5.32 Å². The molecule has 0 aliphatic heterocycles. The summed E-state index contributed by atoms with van der Waals surface area (Å²) in [5.41, 5.74) is 1.55. The number of thiophene rings is 1. The molecule has 0 unspecified atom stereocenters. The summed E-state index contributed by atoms with van der Waals surface area (Å²) in [7, 11) is 0. The number of hydrogen-bond donors (Lipinski definition) is 2. The predicted octanol–water partition coefficient (Wildman–Crippen LogP) is 3.50. The molecule has 94 valence electrons. The molecular weight excluding hydrogens is 314 g/mol. The van der Waals surface area contributed by atoms with Crippen molar-refractivity contribution in [1.82, 2.24) is 5.32 Å². The van der Waals surface area contributed by atoms with E-state index in [1.807, 2.05) is 24.3 Å². The number of carboxylic acid groups (broad SMARTS) is 1. The lowest BCUT2D eigenvalue weighted by Crippen LogP contribution is -2.12. The van der Waals surface area contributed by atoms with E-state index in [0.717, 1.165) is 15.9 Å². The third-order valence-electron chi connectivity index (χ3n) is 2.47. The average molecular weight is 326 g/mol. The fraction of sp³-hybridized carbons (Fsp3) is 0.154. The molecule has 0 radical (unpaired) electrons. The minimum Gasteiger partial charge on any atom is -0.478 e. The molecule has 3 nitrogen and oxygen atoms in total. The smallest absolute Gasteiger partial charge is 0.336 e. The largest absolute Gasteiger partial charge is 0.478 e. The van der Waals surface area contributed by atoms with Gasteiger partial charge in [-0.25, -0.2) is 4.79 Å². The topological polar surface area (TPSA) is 49.3 Å². The van der Waals surface area contributed by atoms with Crippen molar-refractivity contribution >= 4 is 33.2 Å². The van der Waals surface area contributed by atoms with Crippen LogP contribution in [0.4, 0.5) is 0 Å². The Labute approximate surface area is 118 Å². The Bertz CT molecular complexity index is 553. The van der Waals surface area contributed by atoms with Gasteiger partial charge in [0.05, 0.1) is 5.56 Å². The fourth-order valence-electron chi connectivity index (χ4n) is 1.55. The average Bonchev–Trinajstić information content (AvgIpc) is 2.80. The van der Waals surface area contributed by atoms with E-state index >= 15 is 0 Å². The number of carbonyl (C=O) groups is 1. The van der Waals surface area contributed by atoms with Gasteiger partial charge < -0.3 is 10.4 Å². The molecule has 5 heteroatoms. The van der Waals surface area contributed by atoms with Crippen molar-refractivity contribution in [2.45, 2.75) is 13.1 Å².